The second-order valence-electron chi connectivity index (χ2n) is 8.21. The lowest BCUT2D eigenvalue weighted by Gasteiger charge is -2.63. The number of anilines is 1. The van der Waals surface area contributed by atoms with Gasteiger partial charge in [-0.1, -0.05) is 44.2 Å². The molecular weight excluding hydrogens is 324 g/mol. The molecule has 2 N–H and O–H groups in total. The second-order valence-corrected chi connectivity index (χ2v) is 8.21. The van der Waals surface area contributed by atoms with Gasteiger partial charge in [0.15, 0.2) is 0 Å². The summed E-state index contributed by atoms with van der Waals surface area (Å²) in [5.74, 6) is 0.239. The molecule has 1 heterocycles. The smallest absolute Gasteiger partial charge is 0.115 e. The third-order valence-corrected chi connectivity index (χ3v) is 6.61. The van der Waals surface area contributed by atoms with Gasteiger partial charge in [-0.3, -0.25) is 4.90 Å². The molecular formula is C22H28N2O2. The monoisotopic (exact) mass is 352 g/mol. The van der Waals surface area contributed by atoms with E-state index >= 15 is 0 Å². The van der Waals surface area contributed by atoms with Gasteiger partial charge in [-0.2, -0.15) is 0 Å². The average molecular weight is 352 g/mol. The van der Waals surface area contributed by atoms with Crippen molar-refractivity contribution in [3.63, 3.8) is 0 Å². The Labute approximate surface area is 155 Å². The molecule has 2 aromatic rings. The molecule has 1 saturated carbocycles. The number of phenolic OH excluding ortho intramolecular Hbond substituents is 1. The summed E-state index contributed by atoms with van der Waals surface area (Å²) >= 11 is 0. The molecule has 1 aliphatic heterocycles. The minimum absolute atomic E-state index is 0.223. The minimum atomic E-state index is -0.831. The Morgan fingerprint density at radius 2 is 1.50 bits per heavy atom. The number of benzene rings is 2. The lowest BCUT2D eigenvalue weighted by Crippen LogP contribution is -2.69. The molecule has 1 aliphatic carbocycles. The van der Waals surface area contributed by atoms with Crippen molar-refractivity contribution in [2.75, 3.05) is 31.1 Å². The van der Waals surface area contributed by atoms with Crippen molar-refractivity contribution < 1.29 is 10.2 Å². The molecule has 4 nitrogen and oxygen atoms in total. The number of aromatic hydroxyl groups is 1. The highest BCUT2D eigenvalue weighted by Crippen LogP contribution is 2.58. The quantitative estimate of drug-likeness (QED) is 0.891. The SMILES string of the molecule is CC1(C)C(N2CCN(c3ccccc3)CC2)CC1(O)c1ccc(O)cc1. The van der Waals surface area contributed by atoms with Crippen LogP contribution in [0, 0.1) is 5.41 Å². The third-order valence-electron chi connectivity index (χ3n) is 6.61. The maximum atomic E-state index is 11.3. The fourth-order valence-electron chi connectivity index (χ4n) is 4.69. The van der Waals surface area contributed by atoms with E-state index in [-0.39, 0.29) is 11.2 Å². The molecule has 138 valence electrons. The summed E-state index contributed by atoms with van der Waals surface area (Å²) in [4.78, 5) is 4.97. The van der Waals surface area contributed by atoms with E-state index in [1.165, 1.54) is 5.69 Å². The lowest BCUT2D eigenvalue weighted by molar-refractivity contribution is -0.212. The van der Waals surface area contributed by atoms with Gasteiger partial charge in [0.05, 0.1) is 5.60 Å². The lowest BCUT2D eigenvalue weighted by atomic mass is 9.52. The average Bonchev–Trinajstić information content (AvgIpc) is 2.67. The van der Waals surface area contributed by atoms with Crippen molar-refractivity contribution in [1.29, 1.82) is 0 Å². The van der Waals surface area contributed by atoms with Gasteiger partial charge in [0.25, 0.3) is 0 Å². The molecule has 0 amide bonds. The summed E-state index contributed by atoms with van der Waals surface area (Å²) in [6.45, 7) is 8.42. The predicted molar refractivity (Wildman–Crippen MR) is 104 cm³/mol. The number of aliphatic hydroxyl groups is 1. The summed E-state index contributed by atoms with van der Waals surface area (Å²) < 4.78 is 0. The van der Waals surface area contributed by atoms with Gasteiger partial charge in [-0.15, -0.1) is 0 Å². The summed E-state index contributed by atoms with van der Waals surface area (Å²) in [5.41, 5.74) is 1.14. The molecule has 1 saturated heterocycles. The molecule has 26 heavy (non-hydrogen) atoms. The van der Waals surface area contributed by atoms with Gasteiger partial charge < -0.3 is 15.1 Å². The fraction of sp³-hybridized carbons (Fsp3) is 0.455. The topological polar surface area (TPSA) is 46.9 Å². The first-order valence-corrected chi connectivity index (χ1v) is 9.48. The standard InChI is InChI=1S/C22H28N2O2/c1-21(2)20(16-22(21,26)17-8-10-19(25)11-9-17)24-14-12-23(13-15-24)18-6-4-3-5-7-18/h3-11,20,25-26H,12-16H2,1-2H3. The first-order chi connectivity index (χ1) is 12.4. The van der Waals surface area contributed by atoms with Crippen LogP contribution in [-0.2, 0) is 5.60 Å². The Hall–Kier alpha value is -2.04. The van der Waals surface area contributed by atoms with Gasteiger partial charge in [0.1, 0.15) is 5.75 Å². The van der Waals surface area contributed by atoms with Crippen molar-refractivity contribution in [2.45, 2.75) is 31.9 Å². The molecule has 2 unspecified atom stereocenters. The Morgan fingerprint density at radius 1 is 0.885 bits per heavy atom. The summed E-state index contributed by atoms with van der Waals surface area (Å²) in [6.07, 6.45) is 0.746. The molecule has 4 rings (SSSR count). The number of rotatable bonds is 3. The van der Waals surface area contributed by atoms with Crippen LogP contribution in [0.4, 0.5) is 5.69 Å². The molecule has 0 radical (unpaired) electrons. The van der Waals surface area contributed by atoms with Crippen LogP contribution >= 0.6 is 0 Å². The van der Waals surface area contributed by atoms with Crippen molar-refractivity contribution in [2.24, 2.45) is 5.41 Å². The van der Waals surface area contributed by atoms with Gasteiger partial charge in [-0.25, -0.2) is 0 Å². The third kappa shape index (κ3) is 2.68. The largest absolute Gasteiger partial charge is 0.508 e. The van der Waals surface area contributed by atoms with Crippen molar-refractivity contribution in [3.05, 3.63) is 60.2 Å². The molecule has 2 fully saturated rings. The Morgan fingerprint density at radius 3 is 2.08 bits per heavy atom. The first-order valence-electron chi connectivity index (χ1n) is 9.48. The van der Waals surface area contributed by atoms with Crippen LogP contribution in [0.15, 0.2) is 54.6 Å². The zero-order valence-corrected chi connectivity index (χ0v) is 15.6. The highest BCUT2D eigenvalue weighted by atomic mass is 16.3. The van der Waals surface area contributed by atoms with Gasteiger partial charge in [-0.05, 0) is 36.2 Å². The van der Waals surface area contributed by atoms with Crippen LogP contribution in [-0.4, -0.2) is 47.3 Å². The van der Waals surface area contributed by atoms with E-state index in [9.17, 15) is 10.2 Å². The van der Waals surface area contributed by atoms with Crippen molar-refractivity contribution in [1.82, 2.24) is 4.90 Å². The Bertz CT molecular complexity index is 751. The molecule has 4 heteroatoms. The van der Waals surface area contributed by atoms with E-state index in [0.29, 0.717) is 6.04 Å². The molecule has 0 bridgehead atoms. The normalized spacial score (nSPS) is 28.6. The maximum Gasteiger partial charge on any atom is 0.115 e. The summed E-state index contributed by atoms with van der Waals surface area (Å²) in [7, 11) is 0. The molecule has 2 aliphatic rings. The maximum absolute atomic E-state index is 11.3. The van der Waals surface area contributed by atoms with Crippen LogP contribution < -0.4 is 4.90 Å². The highest BCUT2D eigenvalue weighted by Gasteiger charge is 2.61. The summed E-state index contributed by atoms with van der Waals surface area (Å²) in [5, 5.41) is 20.8. The van der Waals surface area contributed by atoms with Crippen LogP contribution in [0.3, 0.4) is 0 Å². The Balaban J connectivity index is 1.43. The zero-order valence-electron chi connectivity index (χ0n) is 15.6. The Kier molecular flexibility index (Phi) is 4.20. The summed E-state index contributed by atoms with van der Waals surface area (Å²) in [6, 6.07) is 18.0. The molecule has 0 aromatic heterocycles. The first kappa shape index (κ1) is 17.4. The van der Waals surface area contributed by atoms with Crippen LogP contribution in [0.1, 0.15) is 25.8 Å². The van der Waals surface area contributed by atoms with E-state index in [4.69, 9.17) is 0 Å². The van der Waals surface area contributed by atoms with E-state index in [1.807, 2.05) is 12.1 Å². The van der Waals surface area contributed by atoms with Gasteiger partial charge in [0.2, 0.25) is 0 Å². The van der Waals surface area contributed by atoms with Gasteiger partial charge >= 0.3 is 0 Å². The number of phenols is 1. The number of piperazine rings is 1. The predicted octanol–water partition coefficient (Wildman–Crippen LogP) is 3.20. The number of hydrogen-bond donors (Lipinski definition) is 2. The van der Waals surface area contributed by atoms with Crippen molar-refractivity contribution in [3.8, 4) is 5.75 Å². The van der Waals surface area contributed by atoms with E-state index in [2.05, 4.69) is 54.0 Å². The fourth-order valence-corrected chi connectivity index (χ4v) is 4.69. The van der Waals surface area contributed by atoms with E-state index < -0.39 is 5.60 Å². The number of para-hydroxylation sites is 1. The van der Waals surface area contributed by atoms with Crippen LogP contribution in [0.2, 0.25) is 0 Å². The highest BCUT2D eigenvalue weighted by molar-refractivity contribution is 5.46. The van der Waals surface area contributed by atoms with E-state index in [0.717, 1.165) is 38.2 Å². The molecule has 2 aromatic carbocycles. The molecule has 0 spiro atoms. The van der Waals surface area contributed by atoms with Crippen LogP contribution in [0.5, 0.6) is 5.75 Å². The minimum Gasteiger partial charge on any atom is -0.508 e. The van der Waals surface area contributed by atoms with Crippen molar-refractivity contribution >= 4 is 5.69 Å². The zero-order chi connectivity index (χ0) is 18.4. The second kappa shape index (κ2) is 6.29. The molecule has 2 atom stereocenters. The number of hydrogen-bond acceptors (Lipinski definition) is 4. The van der Waals surface area contributed by atoms with E-state index in [1.54, 1.807) is 12.1 Å². The number of nitrogens with zero attached hydrogens (tertiary/aromatic N) is 2. The van der Waals surface area contributed by atoms with Crippen LogP contribution in [0.25, 0.3) is 0 Å². The van der Waals surface area contributed by atoms with Gasteiger partial charge in [0, 0.05) is 43.3 Å².